The summed E-state index contributed by atoms with van der Waals surface area (Å²) in [6.45, 7) is 7.92. The fourth-order valence-corrected chi connectivity index (χ4v) is 6.28. The molecule has 3 atom stereocenters. The van der Waals surface area contributed by atoms with E-state index < -0.39 is 11.0 Å². The van der Waals surface area contributed by atoms with E-state index in [9.17, 15) is 9.00 Å². The molecule has 1 amide bonds. The number of nitrogens with zero attached hydrogens (tertiary/aromatic N) is 3. The van der Waals surface area contributed by atoms with Crippen molar-refractivity contribution in [1.29, 1.82) is 0 Å². The zero-order valence-corrected chi connectivity index (χ0v) is 18.0. The molecular formula is C22H31N3O2S. The Balaban J connectivity index is 1.60. The van der Waals surface area contributed by atoms with E-state index in [-0.39, 0.29) is 5.91 Å². The number of rotatable bonds is 3. The number of carbonyl (C=O) groups excluding carboxylic acids is 1. The minimum Gasteiger partial charge on any atom is -0.340 e. The lowest BCUT2D eigenvalue weighted by Crippen LogP contribution is -2.39. The summed E-state index contributed by atoms with van der Waals surface area (Å²) in [7, 11) is 0.798. The highest BCUT2D eigenvalue weighted by molar-refractivity contribution is 7.82. The second-order valence-corrected chi connectivity index (χ2v) is 10.2. The molecule has 0 N–H and O–H groups in total. The normalized spacial score (nSPS) is 25.2. The molecule has 2 aliphatic rings. The Morgan fingerprint density at radius 3 is 2.39 bits per heavy atom. The Morgan fingerprint density at radius 1 is 1.04 bits per heavy atom. The van der Waals surface area contributed by atoms with E-state index in [4.69, 9.17) is 0 Å². The number of hydrogen-bond donors (Lipinski definition) is 0. The second-order valence-electron chi connectivity index (χ2n) is 8.70. The molecule has 4 rings (SSSR count). The molecule has 0 bridgehead atoms. The number of piperidine rings is 2. The van der Waals surface area contributed by atoms with Gasteiger partial charge < -0.3 is 9.47 Å². The van der Waals surface area contributed by atoms with Crippen molar-refractivity contribution in [1.82, 2.24) is 13.8 Å². The summed E-state index contributed by atoms with van der Waals surface area (Å²) in [6, 6.07) is 7.93. The lowest BCUT2D eigenvalue weighted by molar-refractivity contribution is 0.0715. The molecule has 2 aromatic rings. The summed E-state index contributed by atoms with van der Waals surface area (Å²) >= 11 is 0. The highest BCUT2D eigenvalue weighted by atomic mass is 32.2. The average molecular weight is 402 g/mol. The van der Waals surface area contributed by atoms with Crippen molar-refractivity contribution in [2.45, 2.75) is 44.4 Å². The molecule has 3 unspecified atom stereocenters. The quantitative estimate of drug-likeness (QED) is 0.785. The van der Waals surface area contributed by atoms with Crippen LogP contribution in [0.5, 0.6) is 0 Å². The molecule has 0 radical (unpaired) electrons. The Kier molecular flexibility index (Phi) is 5.61. The molecule has 3 heterocycles. The van der Waals surface area contributed by atoms with Crippen molar-refractivity contribution in [2.24, 2.45) is 18.9 Å². The van der Waals surface area contributed by atoms with Gasteiger partial charge in [0.05, 0.1) is 4.90 Å². The number of hydrogen-bond acceptors (Lipinski definition) is 2. The first kappa shape index (κ1) is 19.6. The number of likely N-dealkylation sites (tertiary alicyclic amines) is 1. The first-order valence-corrected chi connectivity index (χ1v) is 11.6. The maximum atomic E-state index is 13.2. The van der Waals surface area contributed by atoms with Crippen molar-refractivity contribution in [2.75, 3.05) is 26.2 Å². The van der Waals surface area contributed by atoms with Crippen LogP contribution in [0.3, 0.4) is 0 Å². The van der Waals surface area contributed by atoms with E-state index in [1.807, 2.05) is 40.8 Å². The standard InChI is InChI=1S/C22H31N3O2S/c1-16-11-17(2)15-25(14-16)28(27)19-7-8-20-18(12-19)13-21(23(20)3)22(26)24-9-5-4-6-10-24/h7-8,12-13,16-17H,4-6,9-11,14-15H2,1-3H3. The summed E-state index contributed by atoms with van der Waals surface area (Å²) in [5.74, 6) is 1.25. The molecule has 2 saturated heterocycles. The molecular weight excluding hydrogens is 370 g/mol. The van der Waals surface area contributed by atoms with Crippen LogP contribution in [0.25, 0.3) is 10.9 Å². The van der Waals surface area contributed by atoms with E-state index in [0.29, 0.717) is 11.8 Å². The predicted molar refractivity (Wildman–Crippen MR) is 114 cm³/mol. The summed E-state index contributed by atoms with van der Waals surface area (Å²) in [4.78, 5) is 15.8. The molecule has 1 aromatic carbocycles. The van der Waals surface area contributed by atoms with Gasteiger partial charge in [-0.1, -0.05) is 13.8 Å². The SMILES string of the molecule is CC1CC(C)CN(S(=O)c2ccc3c(c2)cc(C(=O)N2CCCCC2)n3C)C1. The highest BCUT2D eigenvalue weighted by Crippen LogP contribution is 2.28. The van der Waals surface area contributed by atoms with Crippen LogP contribution in [0.2, 0.25) is 0 Å². The number of aromatic nitrogens is 1. The molecule has 28 heavy (non-hydrogen) atoms. The smallest absolute Gasteiger partial charge is 0.270 e. The fourth-order valence-electron chi connectivity index (χ4n) is 4.79. The van der Waals surface area contributed by atoms with Gasteiger partial charge in [0.2, 0.25) is 0 Å². The number of aryl methyl sites for hydroxylation is 1. The first-order chi connectivity index (χ1) is 13.4. The van der Waals surface area contributed by atoms with Gasteiger partial charge in [-0.05, 0) is 61.8 Å². The Hall–Kier alpha value is -1.66. The zero-order valence-electron chi connectivity index (χ0n) is 17.2. The second kappa shape index (κ2) is 7.99. The van der Waals surface area contributed by atoms with Crippen LogP contribution in [0, 0.1) is 11.8 Å². The lowest BCUT2D eigenvalue weighted by atomic mass is 9.94. The molecule has 2 fully saturated rings. The largest absolute Gasteiger partial charge is 0.340 e. The van der Waals surface area contributed by atoms with Crippen LogP contribution in [-0.2, 0) is 18.0 Å². The fraction of sp³-hybridized carbons (Fsp3) is 0.591. The minimum atomic E-state index is -1.15. The van der Waals surface area contributed by atoms with Crippen molar-refractivity contribution in [3.8, 4) is 0 Å². The van der Waals surface area contributed by atoms with Crippen LogP contribution in [0.1, 0.15) is 50.0 Å². The molecule has 5 nitrogen and oxygen atoms in total. The number of fused-ring (bicyclic) bond motifs is 1. The molecule has 0 aliphatic carbocycles. The van der Waals surface area contributed by atoms with Gasteiger partial charge in [0.25, 0.3) is 5.91 Å². The van der Waals surface area contributed by atoms with Gasteiger partial charge >= 0.3 is 0 Å². The Morgan fingerprint density at radius 2 is 1.71 bits per heavy atom. The van der Waals surface area contributed by atoms with Crippen LogP contribution in [-0.4, -0.2) is 50.1 Å². The third-order valence-electron chi connectivity index (χ3n) is 6.15. The minimum absolute atomic E-state index is 0.111. The van der Waals surface area contributed by atoms with Gasteiger partial charge in [-0.3, -0.25) is 4.79 Å². The van der Waals surface area contributed by atoms with Gasteiger partial charge in [-0.2, -0.15) is 0 Å². The van der Waals surface area contributed by atoms with E-state index in [1.165, 1.54) is 12.8 Å². The number of carbonyl (C=O) groups is 1. The monoisotopic (exact) mass is 401 g/mol. The molecule has 0 spiro atoms. The summed E-state index contributed by atoms with van der Waals surface area (Å²) in [6.07, 6.45) is 4.59. The van der Waals surface area contributed by atoms with Gasteiger partial charge in [0.15, 0.2) is 0 Å². The lowest BCUT2D eigenvalue weighted by Gasteiger charge is -2.33. The van der Waals surface area contributed by atoms with Crippen molar-refractivity contribution in [3.63, 3.8) is 0 Å². The van der Waals surface area contributed by atoms with Gasteiger partial charge in [-0.25, -0.2) is 8.51 Å². The summed E-state index contributed by atoms with van der Waals surface area (Å²) in [5, 5.41) is 0.992. The molecule has 1 aromatic heterocycles. The molecule has 0 saturated carbocycles. The number of benzene rings is 1. The first-order valence-electron chi connectivity index (χ1n) is 10.5. The van der Waals surface area contributed by atoms with E-state index >= 15 is 0 Å². The van der Waals surface area contributed by atoms with Crippen LogP contribution in [0.4, 0.5) is 0 Å². The van der Waals surface area contributed by atoms with E-state index in [2.05, 4.69) is 18.2 Å². The zero-order chi connectivity index (χ0) is 19.8. The van der Waals surface area contributed by atoms with Gasteiger partial charge in [0.1, 0.15) is 16.7 Å². The summed E-state index contributed by atoms with van der Waals surface area (Å²) in [5.41, 5.74) is 1.74. The maximum absolute atomic E-state index is 13.2. The Labute approximate surface area is 170 Å². The van der Waals surface area contributed by atoms with Gasteiger partial charge in [0, 0.05) is 44.1 Å². The van der Waals surface area contributed by atoms with E-state index in [0.717, 1.165) is 60.5 Å². The van der Waals surface area contributed by atoms with Crippen molar-refractivity contribution >= 4 is 27.8 Å². The van der Waals surface area contributed by atoms with Crippen molar-refractivity contribution in [3.05, 3.63) is 30.0 Å². The predicted octanol–water partition coefficient (Wildman–Crippen LogP) is 3.80. The third-order valence-corrected chi connectivity index (χ3v) is 7.57. The van der Waals surface area contributed by atoms with E-state index in [1.54, 1.807) is 0 Å². The van der Waals surface area contributed by atoms with Gasteiger partial charge in [-0.15, -0.1) is 0 Å². The van der Waals surface area contributed by atoms with Crippen LogP contribution in [0.15, 0.2) is 29.2 Å². The maximum Gasteiger partial charge on any atom is 0.270 e. The Bertz CT molecular complexity index is 891. The summed E-state index contributed by atoms with van der Waals surface area (Å²) < 4.78 is 17.2. The van der Waals surface area contributed by atoms with Crippen LogP contribution >= 0.6 is 0 Å². The average Bonchev–Trinajstić information content (AvgIpc) is 3.02. The molecule has 6 heteroatoms. The molecule has 2 aliphatic heterocycles. The van der Waals surface area contributed by atoms with Crippen molar-refractivity contribution < 1.29 is 9.00 Å². The molecule has 152 valence electrons. The number of amides is 1. The van der Waals surface area contributed by atoms with Crippen LogP contribution < -0.4 is 0 Å². The highest BCUT2D eigenvalue weighted by Gasteiger charge is 2.27. The topological polar surface area (TPSA) is 45.6 Å². The third kappa shape index (κ3) is 3.77.